The molecule has 3 rings (SSSR count). The highest BCUT2D eigenvalue weighted by molar-refractivity contribution is 9.10. The Morgan fingerprint density at radius 2 is 1.83 bits per heavy atom. The zero-order valence-corrected chi connectivity index (χ0v) is 15.1. The van der Waals surface area contributed by atoms with Crippen molar-refractivity contribution in [3.63, 3.8) is 0 Å². The highest BCUT2D eigenvalue weighted by Gasteiger charge is 2.21. The Morgan fingerprint density at radius 3 is 2.43 bits per heavy atom. The van der Waals surface area contributed by atoms with E-state index in [0.717, 1.165) is 21.3 Å². The maximum absolute atomic E-state index is 11.6. The molecule has 0 radical (unpaired) electrons. The van der Waals surface area contributed by atoms with Crippen LogP contribution in [0.25, 0.3) is 6.08 Å². The lowest BCUT2D eigenvalue weighted by molar-refractivity contribution is -0.115. The molecule has 1 saturated heterocycles. The van der Waals surface area contributed by atoms with Crippen molar-refractivity contribution in [3.05, 3.63) is 69.0 Å². The molecular formula is C17H12BrNO2S2. The van der Waals surface area contributed by atoms with Gasteiger partial charge in [0.05, 0.1) is 4.91 Å². The molecule has 23 heavy (non-hydrogen) atoms. The van der Waals surface area contributed by atoms with Crippen molar-refractivity contribution in [2.75, 3.05) is 0 Å². The number of hydrogen-bond donors (Lipinski definition) is 1. The van der Waals surface area contributed by atoms with Crippen molar-refractivity contribution < 1.29 is 9.53 Å². The number of carbonyl (C=O) groups is 1. The molecule has 0 aliphatic carbocycles. The minimum Gasteiger partial charge on any atom is -0.489 e. The maximum Gasteiger partial charge on any atom is 0.263 e. The summed E-state index contributed by atoms with van der Waals surface area (Å²) in [6, 6.07) is 15.6. The largest absolute Gasteiger partial charge is 0.489 e. The minimum atomic E-state index is -0.143. The Labute approximate surface area is 152 Å². The van der Waals surface area contributed by atoms with E-state index in [2.05, 4.69) is 21.2 Å². The number of hydrogen-bond acceptors (Lipinski definition) is 4. The van der Waals surface area contributed by atoms with Crippen LogP contribution in [0, 0.1) is 0 Å². The van der Waals surface area contributed by atoms with Crippen molar-refractivity contribution in [1.29, 1.82) is 0 Å². The topological polar surface area (TPSA) is 38.3 Å². The summed E-state index contributed by atoms with van der Waals surface area (Å²) in [5, 5.41) is 2.60. The van der Waals surface area contributed by atoms with Crippen LogP contribution in [0.15, 0.2) is 57.9 Å². The number of ether oxygens (including phenoxy) is 1. The first-order valence-electron chi connectivity index (χ1n) is 6.82. The second kappa shape index (κ2) is 7.29. The zero-order valence-electron chi connectivity index (χ0n) is 11.9. The van der Waals surface area contributed by atoms with Crippen LogP contribution in [-0.4, -0.2) is 10.2 Å². The highest BCUT2D eigenvalue weighted by Crippen LogP contribution is 2.26. The molecule has 2 aromatic carbocycles. The third kappa shape index (κ3) is 4.43. The summed E-state index contributed by atoms with van der Waals surface area (Å²) in [7, 11) is 0. The van der Waals surface area contributed by atoms with Gasteiger partial charge in [-0.05, 0) is 41.5 Å². The zero-order chi connectivity index (χ0) is 16.2. The summed E-state index contributed by atoms with van der Waals surface area (Å²) < 4.78 is 7.30. The molecule has 116 valence electrons. The van der Waals surface area contributed by atoms with Crippen molar-refractivity contribution in [1.82, 2.24) is 5.32 Å². The fourth-order valence-corrected chi connectivity index (χ4v) is 3.29. The number of rotatable bonds is 4. The molecule has 6 heteroatoms. The molecule has 3 nitrogen and oxygen atoms in total. The van der Waals surface area contributed by atoms with Crippen LogP contribution in [0.2, 0.25) is 0 Å². The second-order valence-electron chi connectivity index (χ2n) is 4.84. The molecule has 1 N–H and O–H groups in total. The molecule has 1 fully saturated rings. The molecule has 0 aromatic heterocycles. The van der Waals surface area contributed by atoms with E-state index >= 15 is 0 Å². The van der Waals surface area contributed by atoms with Crippen molar-refractivity contribution in [2.24, 2.45) is 0 Å². The Morgan fingerprint density at radius 1 is 1.13 bits per heavy atom. The molecular weight excluding hydrogens is 394 g/mol. The van der Waals surface area contributed by atoms with Gasteiger partial charge in [0, 0.05) is 4.47 Å². The third-order valence-electron chi connectivity index (χ3n) is 3.14. The lowest BCUT2D eigenvalue weighted by Gasteiger charge is -2.06. The predicted molar refractivity (Wildman–Crippen MR) is 101 cm³/mol. The average molecular weight is 406 g/mol. The maximum atomic E-state index is 11.6. The number of carbonyl (C=O) groups excluding carboxylic acids is 1. The van der Waals surface area contributed by atoms with Crippen molar-refractivity contribution in [2.45, 2.75) is 6.61 Å². The summed E-state index contributed by atoms with van der Waals surface area (Å²) in [4.78, 5) is 12.2. The molecule has 1 aliphatic heterocycles. The molecule has 1 aliphatic rings. The van der Waals surface area contributed by atoms with Crippen LogP contribution in [0.4, 0.5) is 0 Å². The number of benzene rings is 2. The Bertz CT molecular complexity index is 770. The van der Waals surface area contributed by atoms with Gasteiger partial charge in [-0.2, -0.15) is 0 Å². The summed E-state index contributed by atoms with van der Waals surface area (Å²) >= 11 is 9.65. The van der Waals surface area contributed by atoms with Gasteiger partial charge in [0.25, 0.3) is 5.91 Å². The normalized spacial score (nSPS) is 15.8. The summed E-state index contributed by atoms with van der Waals surface area (Å²) in [6.45, 7) is 0.514. The molecule has 0 unspecified atom stereocenters. The molecule has 1 amide bonds. The lowest BCUT2D eigenvalue weighted by atomic mass is 10.2. The van der Waals surface area contributed by atoms with Crippen molar-refractivity contribution >= 4 is 56.2 Å². The standard InChI is InChI=1S/C17H12BrNO2S2/c18-13-5-1-12(2-6-13)10-21-14-7-3-11(4-8-14)9-15-16(20)19-17(22)23-15/h1-9H,10H2,(H,19,20,22). The number of nitrogens with one attached hydrogen (secondary N) is 1. The van der Waals surface area contributed by atoms with E-state index in [0.29, 0.717) is 15.8 Å². The molecule has 0 atom stereocenters. The first-order valence-corrected chi connectivity index (χ1v) is 8.84. The first-order chi connectivity index (χ1) is 11.1. The van der Waals surface area contributed by atoms with Crippen LogP contribution in [-0.2, 0) is 11.4 Å². The van der Waals surface area contributed by atoms with E-state index in [9.17, 15) is 4.79 Å². The number of thiocarbonyl (C=S) groups is 1. The molecule has 2 aromatic rings. The van der Waals surface area contributed by atoms with E-state index < -0.39 is 0 Å². The Hall–Kier alpha value is -1.63. The Kier molecular flexibility index (Phi) is 5.15. The van der Waals surface area contributed by atoms with Gasteiger partial charge in [0.2, 0.25) is 0 Å². The summed E-state index contributed by atoms with van der Waals surface area (Å²) in [5.41, 5.74) is 2.04. The molecule has 0 spiro atoms. The van der Waals surface area contributed by atoms with Gasteiger partial charge in [-0.25, -0.2) is 0 Å². The molecule has 1 heterocycles. The fourth-order valence-electron chi connectivity index (χ4n) is 1.98. The first kappa shape index (κ1) is 16.2. The van der Waals surface area contributed by atoms with Gasteiger partial charge in [-0.1, -0.05) is 64.2 Å². The van der Waals surface area contributed by atoms with Gasteiger partial charge < -0.3 is 10.1 Å². The molecule has 0 bridgehead atoms. The average Bonchev–Trinajstić information content (AvgIpc) is 2.86. The van der Waals surface area contributed by atoms with E-state index in [-0.39, 0.29) is 5.91 Å². The van der Waals surface area contributed by atoms with Crippen LogP contribution in [0.1, 0.15) is 11.1 Å². The van der Waals surface area contributed by atoms with E-state index in [1.54, 1.807) is 0 Å². The van der Waals surface area contributed by atoms with Crippen LogP contribution in [0.5, 0.6) is 5.75 Å². The van der Waals surface area contributed by atoms with Gasteiger partial charge in [0.1, 0.15) is 16.7 Å². The minimum absolute atomic E-state index is 0.143. The van der Waals surface area contributed by atoms with Crippen molar-refractivity contribution in [3.8, 4) is 5.75 Å². The summed E-state index contributed by atoms with van der Waals surface area (Å²) in [6.07, 6.45) is 1.82. The number of amides is 1. The van der Waals surface area contributed by atoms with E-state index in [4.69, 9.17) is 17.0 Å². The fraction of sp³-hybridized carbons (Fsp3) is 0.0588. The second-order valence-corrected chi connectivity index (χ2v) is 7.47. The highest BCUT2D eigenvalue weighted by atomic mass is 79.9. The predicted octanol–water partition coefficient (Wildman–Crippen LogP) is 4.52. The lowest BCUT2D eigenvalue weighted by Crippen LogP contribution is -2.17. The van der Waals surface area contributed by atoms with E-state index in [1.807, 2.05) is 54.6 Å². The quantitative estimate of drug-likeness (QED) is 0.599. The van der Waals surface area contributed by atoms with E-state index in [1.165, 1.54) is 11.8 Å². The number of thioether (sulfide) groups is 1. The van der Waals surface area contributed by atoms with Crippen LogP contribution >= 0.6 is 39.9 Å². The van der Waals surface area contributed by atoms with Gasteiger partial charge >= 0.3 is 0 Å². The number of halogens is 1. The summed E-state index contributed by atoms with van der Waals surface area (Å²) in [5.74, 6) is 0.643. The third-order valence-corrected chi connectivity index (χ3v) is 4.83. The monoisotopic (exact) mass is 405 g/mol. The smallest absolute Gasteiger partial charge is 0.263 e. The van der Waals surface area contributed by atoms with Gasteiger partial charge in [-0.15, -0.1) is 0 Å². The van der Waals surface area contributed by atoms with Gasteiger partial charge in [0.15, 0.2) is 0 Å². The molecule has 0 saturated carbocycles. The van der Waals surface area contributed by atoms with Crippen LogP contribution in [0.3, 0.4) is 0 Å². The van der Waals surface area contributed by atoms with Crippen LogP contribution < -0.4 is 10.1 Å². The van der Waals surface area contributed by atoms with Gasteiger partial charge in [-0.3, -0.25) is 4.79 Å². The SMILES string of the molecule is O=C1NC(=S)SC1=Cc1ccc(OCc2ccc(Br)cc2)cc1. The Balaban J connectivity index is 1.63.